The first-order valence-corrected chi connectivity index (χ1v) is 6.39. The van der Waals surface area contributed by atoms with E-state index in [-0.39, 0.29) is 5.91 Å². The molecule has 20 heavy (non-hydrogen) atoms. The second-order valence-electron chi connectivity index (χ2n) is 4.83. The minimum atomic E-state index is -0.0316. The molecule has 3 aromatic rings. The zero-order chi connectivity index (χ0) is 14.1. The summed E-state index contributed by atoms with van der Waals surface area (Å²) in [4.78, 5) is 17.3. The van der Waals surface area contributed by atoms with Crippen LogP contribution in [0.5, 0.6) is 0 Å². The number of carbonyl (C=O) groups is 1. The Morgan fingerprint density at radius 2 is 2.25 bits per heavy atom. The maximum absolute atomic E-state index is 12.5. The topological polar surface area (TPSA) is 62.1 Å². The van der Waals surface area contributed by atoms with Gasteiger partial charge >= 0.3 is 0 Å². The quantitative estimate of drug-likeness (QED) is 0.795. The number of aromatic nitrogens is 2. The molecule has 0 aliphatic heterocycles. The van der Waals surface area contributed by atoms with Gasteiger partial charge in [0.2, 0.25) is 0 Å². The maximum Gasteiger partial charge on any atom is 0.254 e. The molecule has 0 atom stereocenters. The van der Waals surface area contributed by atoms with E-state index in [9.17, 15) is 4.79 Å². The summed E-state index contributed by atoms with van der Waals surface area (Å²) in [6.07, 6.45) is 1.84. The lowest BCUT2D eigenvalue weighted by atomic mass is 10.1. The number of nitrogens with one attached hydrogen (secondary N) is 1. The van der Waals surface area contributed by atoms with Crippen LogP contribution >= 0.6 is 0 Å². The number of aromatic amines is 1. The molecule has 0 aliphatic rings. The molecule has 1 amide bonds. The molecule has 0 spiro atoms. The third-order valence-corrected chi connectivity index (χ3v) is 3.25. The van der Waals surface area contributed by atoms with Crippen LogP contribution in [0.4, 0.5) is 0 Å². The molecule has 2 aromatic heterocycles. The van der Waals surface area contributed by atoms with Crippen LogP contribution in [0, 0.1) is 6.92 Å². The number of H-pyrrole nitrogens is 1. The number of aryl methyl sites for hydroxylation is 1. The molecule has 1 N–H and O–H groups in total. The molecule has 2 heterocycles. The number of rotatable bonds is 3. The number of hydrogen-bond donors (Lipinski definition) is 1. The highest BCUT2D eigenvalue weighted by Crippen LogP contribution is 2.19. The third-order valence-electron chi connectivity index (χ3n) is 3.25. The van der Waals surface area contributed by atoms with Gasteiger partial charge in [0, 0.05) is 35.8 Å². The fraction of sp³-hybridized carbons (Fsp3) is 0.200. The second kappa shape index (κ2) is 4.85. The first-order valence-electron chi connectivity index (χ1n) is 6.39. The van der Waals surface area contributed by atoms with E-state index in [0.29, 0.717) is 12.1 Å². The number of nitrogens with zero attached hydrogens (tertiary/aromatic N) is 2. The zero-order valence-electron chi connectivity index (χ0n) is 11.4. The summed E-state index contributed by atoms with van der Waals surface area (Å²) in [7, 11) is 1.76. The Bertz CT molecular complexity index is 757. The monoisotopic (exact) mass is 269 g/mol. The van der Waals surface area contributed by atoms with Crippen LogP contribution in [0.1, 0.15) is 21.8 Å². The van der Waals surface area contributed by atoms with Crippen LogP contribution in [0.15, 0.2) is 41.1 Å². The normalized spacial score (nSPS) is 10.9. The Balaban J connectivity index is 1.86. The van der Waals surface area contributed by atoms with E-state index >= 15 is 0 Å². The summed E-state index contributed by atoms with van der Waals surface area (Å²) in [5.74, 6) is 0.712. The first kappa shape index (κ1) is 12.5. The number of amides is 1. The van der Waals surface area contributed by atoms with Gasteiger partial charge in [-0.25, -0.2) is 0 Å². The summed E-state index contributed by atoms with van der Waals surface area (Å²) in [5, 5.41) is 4.84. The van der Waals surface area contributed by atoms with E-state index < -0.39 is 0 Å². The van der Waals surface area contributed by atoms with Crippen molar-refractivity contribution in [1.82, 2.24) is 15.0 Å². The molecule has 0 radical (unpaired) electrons. The van der Waals surface area contributed by atoms with Crippen molar-refractivity contribution in [2.24, 2.45) is 0 Å². The molecule has 0 saturated heterocycles. The lowest BCUT2D eigenvalue weighted by Gasteiger charge is -2.16. The van der Waals surface area contributed by atoms with Crippen molar-refractivity contribution in [3.63, 3.8) is 0 Å². The van der Waals surface area contributed by atoms with Crippen LogP contribution in [-0.4, -0.2) is 28.0 Å². The van der Waals surface area contributed by atoms with Gasteiger partial charge in [-0.1, -0.05) is 11.2 Å². The molecule has 0 unspecified atom stereocenters. The van der Waals surface area contributed by atoms with Gasteiger partial charge < -0.3 is 14.4 Å². The summed E-state index contributed by atoms with van der Waals surface area (Å²) >= 11 is 0. The highest BCUT2D eigenvalue weighted by atomic mass is 16.5. The third kappa shape index (κ3) is 2.18. The number of benzene rings is 1. The lowest BCUT2D eigenvalue weighted by Crippen LogP contribution is -2.26. The molecule has 1 aromatic carbocycles. The highest BCUT2D eigenvalue weighted by Gasteiger charge is 2.16. The SMILES string of the molecule is Cc1cc(CN(C)C(=O)c2cccc3[nH]ccc23)no1. The summed E-state index contributed by atoms with van der Waals surface area (Å²) < 4.78 is 5.02. The van der Waals surface area contributed by atoms with Gasteiger partial charge in [0.1, 0.15) is 11.5 Å². The Kier molecular flexibility index (Phi) is 3.02. The van der Waals surface area contributed by atoms with Crippen molar-refractivity contribution in [2.75, 3.05) is 7.05 Å². The van der Waals surface area contributed by atoms with Gasteiger partial charge in [-0.2, -0.15) is 0 Å². The molecule has 0 fully saturated rings. The van der Waals surface area contributed by atoms with Gasteiger partial charge in [-0.3, -0.25) is 4.79 Å². The molecule has 0 saturated carbocycles. The van der Waals surface area contributed by atoms with Gasteiger partial charge in [-0.05, 0) is 25.1 Å². The maximum atomic E-state index is 12.5. The van der Waals surface area contributed by atoms with E-state index in [4.69, 9.17) is 4.52 Å². The molecule has 102 valence electrons. The van der Waals surface area contributed by atoms with Crippen LogP contribution in [0.2, 0.25) is 0 Å². The zero-order valence-corrected chi connectivity index (χ0v) is 11.4. The van der Waals surface area contributed by atoms with E-state index in [1.807, 2.05) is 43.5 Å². The van der Waals surface area contributed by atoms with Crippen LogP contribution in [-0.2, 0) is 6.54 Å². The minimum absolute atomic E-state index is 0.0316. The van der Waals surface area contributed by atoms with Gasteiger partial charge in [0.25, 0.3) is 5.91 Å². The molecule has 0 bridgehead atoms. The smallest absolute Gasteiger partial charge is 0.254 e. The Labute approximate surface area is 116 Å². The predicted molar refractivity (Wildman–Crippen MR) is 75.3 cm³/mol. The number of carbonyl (C=O) groups excluding carboxylic acids is 1. The number of fused-ring (bicyclic) bond motifs is 1. The molecular formula is C15H15N3O2. The van der Waals surface area contributed by atoms with Crippen molar-refractivity contribution in [3.05, 3.63) is 53.5 Å². The Morgan fingerprint density at radius 3 is 3.00 bits per heavy atom. The van der Waals surface area contributed by atoms with E-state index in [0.717, 1.165) is 22.4 Å². The standard InChI is InChI=1S/C15H15N3O2/c1-10-8-11(17-20-10)9-18(2)15(19)13-4-3-5-14-12(13)6-7-16-14/h3-8,16H,9H2,1-2H3. The number of hydrogen-bond acceptors (Lipinski definition) is 3. The van der Waals surface area contributed by atoms with Crippen molar-refractivity contribution in [2.45, 2.75) is 13.5 Å². The Hall–Kier alpha value is -2.56. The minimum Gasteiger partial charge on any atom is -0.361 e. The summed E-state index contributed by atoms with van der Waals surface area (Å²) in [5.41, 5.74) is 2.40. The van der Waals surface area contributed by atoms with Crippen molar-refractivity contribution in [3.8, 4) is 0 Å². The van der Waals surface area contributed by atoms with E-state index in [1.54, 1.807) is 11.9 Å². The average Bonchev–Trinajstić information content (AvgIpc) is 3.06. The fourth-order valence-electron chi connectivity index (χ4n) is 2.28. The largest absolute Gasteiger partial charge is 0.361 e. The predicted octanol–water partition coefficient (Wildman–Crippen LogP) is 2.74. The molecule has 0 aliphatic carbocycles. The molecule has 3 rings (SSSR count). The Morgan fingerprint density at radius 1 is 1.40 bits per heavy atom. The molecular weight excluding hydrogens is 254 g/mol. The molecule has 5 heteroatoms. The van der Waals surface area contributed by atoms with Crippen LogP contribution < -0.4 is 0 Å². The first-order chi connectivity index (χ1) is 9.65. The van der Waals surface area contributed by atoms with E-state index in [1.165, 1.54) is 0 Å². The average molecular weight is 269 g/mol. The second-order valence-corrected chi connectivity index (χ2v) is 4.83. The highest BCUT2D eigenvalue weighted by molar-refractivity contribution is 6.06. The van der Waals surface area contributed by atoms with Crippen molar-refractivity contribution >= 4 is 16.8 Å². The summed E-state index contributed by atoms with van der Waals surface area (Å²) in [6, 6.07) is 9.41. The van der Waals surface area contributed by atoms with Crippen LogP contribution in [0.25, 0.3) is 10.9 Å². The van der Waals surface area contributed by atoms with E-state index in [2.05, 4.69) is 10.1 Å². The van der Waals surface area contributed by atoms with Gasteiger partial charge in [0.15, 0.2) is 0 Å². The van der Waals surface area contributed by atoms with Crippen LogP contribution in [0.3, 0.4) is 0 Å². The van der Waals surface area contributed by atoms with Gasteiger partial charge in [0.05, 0.1) is 6.54 Å². The van der Waals surface area contributed by atoms with Gasteiger partial charge in [-0.15, -0.1) is 0 Å². The van der Waals surface area contributed by atoms with Crippen molar-refractivity contribution in [1.29, 1.82) is 0 Å². The summed E-state index contributed by atoms with van der Waals surface area (Å²) in [6.45, 7) is 2.26. The van der Waals surface area contributed by atoms with Crippen molar-refractivity contribution < 1.29 is 9.32 Å². The fourth-order valence-corrected chi connectivity index (χ4v) is 2.28. The lowest BCUT2D eigenvalue weighted by molar-refractivity contribution is 0.0784. The molecule has 5 nitrogen and oxygen atoms in total.